The van der Waals surface area contributed by atoms with E-state index in [2.05, 4.69) is 22.2 Å². The topological polar surface area (TPSA) is 70.5 Å². The standard InChI is InChI=1S/C20H27N5O2/c1-2-3-9-21-19(26)16-23-12-14-24(15-13-23)20(27)17-5-7-18(8-6-17)25-11-4-10-22-25/h4-8,10-11H,2-3,9,12-16H2,1H3,(H,21,26). The van der Waals surface area contributed by atoms with E-state index in [0.29, 0.717) is 25.2 Å². The highest BCUT2D eigenvalue weighted by Gasteiger charge is 2.23. The van der Waals surface area contributed by atoms with Gasteiger partial charge in [-0.1, -0.05) is 13.3 Å². The van der Waals surface area contributed by atoms with Gasteiger partial charge in [0, 0.05) is 50.7 Å². The van der Waals surface area contributed by atoms with Crippen LogP contribution < -0.4 is 5.32 Å². The van der Waals surface area contributed by atoms with Crippen molar-refractivity contribution in [2.75, 3.05) is 39.3 Å². The number of aromatic nitrogens is 2. The second-order valence-corrected chi connectivity index (χ2v) is 6.77. The van der Waals surface area contributed by atoms with Crippen molar-refractivity contribution in [3.05, 3.63) is 48.3 Å². The van der Waals surface area contributed by atoms with Gasteiger partial charge >= 0.3 is 0 Å². The first-order valence-corrected chi connectivity index (χ1v) is 9.56. The molecule has 1 aliphatic heterocycles. The number of carbonyl (C=O) groups is 2. The third-order valence-corrected chi connectivity index (χ3v) is 4.76. The molecule has 1 saturated heterocycles. The minimum atomic E-state index is 0.0362. The van der Waals surface area contributed by atoms with E-state index in [1.807, 2.05) is 41.4 Å². The first-order chi connectivity index (χ1) is 13.2. The molecule has 7 nitrogen and oxygen atoms in total. The predicted molar refractivity (Wildman–Crippen MR) is 104 cm³/mol. The fourth-order valence-electron chi connectivity index (χ4n) is 3.13. The number of hydrogen-bond donors (Lipinski definition) is 1. The predicted octanol–water partition coefficient (Wildman–Crippen LogP) is 1.55. The highest BCUT2D eigenvalue weighted by atomic mass is 16.2. The molecule has 1 aromatic heterocycles. The number of rotatable bonds is 7. The van der Waals surface area contributed by atoms with Crippen molar-refractivity contribution in [3.8, 4) is 5.69 Å². The second-order valence-electron chi connectivity index (χ2n) is 6.77. The number of nitrogens with one attached hydrogen (secondary N) is 1. The molecule has 3 rings (SSSR count). The molecule has 7 heteroatoms. The van der Waals surface area contributed by atoms with Crippen LogP contribution in [-0.2, 0) is 4.79 Å². The Morgan fingerprint density at radius 3 is 2.48 bits per heavy atom. The summed E-state index contributed by atoms with van der Waals surface area (Å²) in [7, 11) is 0. The number of benzene rings is 1. The average molecular weight is 369 g/mol. The molecule has 0 radical (unpaired) electrons. The van der Waals surface area contributed by atoms with Crippen LogP contribution >= 0.6 is 0 Å². The third-order valence-electron chi connectivity index (χ3n) is 4.76. The molecular weight excluding hydrogens is 342 g/mol. The van der Waals surface area contributed by atoms with Crippen molar-refractivity contribution < 1.29 is 9.59 Å². The molecule has 0 spiro atoms. The molecule has 2 amide bonds. The Hall–Kier alpha value is -2.67. The molecule has 0 aliphatic carbocycles. The summed E-state index contributed by atoms with van der Waals surface area (Å²) in [6.45, 7) is 5.97. The quantitative estimate of drug-likeness (QED) is 0.752. The van der Waals surface area contributed by atoms with E-state index >= 15 is 0 Å². The number of carbonyl (C=O) groups excluding carboxylic acids is 2. The number of hydrogen-bond acceptors (Lipinski definition) is 4. The van der Waals surface area contributed by atoms with Crippen LogP contribution in [0.2, 0.25) is 0 Å². The fraction of sp³-hybridized carbons (Fsp3) is 0.450. The maximum atomic E-state index is 12.7. The van der Waals surface area contributed by atoms with Crippen molar-refractivity contribution in [3.63, 3.8) is 0 Å². The molecule has 0 bridgehead atoms. The highest BCUT2D eigenvalue weighted by Crippen LogP contribution is 2.12. The SMILES string of the molecule is CCCCNC(=O)CN1CCN(C(=O)c2ccc(-n3cccn3)cc2)CC1. The van der Waals surface area contributed by atoms with Crippen LogP contribution in [0.1, 0.15) is 30.1 Å². The molecule has 1 aromatic carbocycles. The van der Waals surface area contributed by atoms with Gasteiger partial charge in [0.2, 0.25) is 5.91 Å². The van der Waals surface area contributed by atoms with Crippen molar-refractivity contribution in [1.29, 1.82) is 0 Å². The van der Waals surface area contributed by atoms with Gasteiger partial charge in [0.1, 0.15) is 0 Å². The van der Waals surface area contributed by atoms with Gasteiger partial charge < -0.3 is 10.2 Å². The molecule has 144 valence electrons. The van der Waals surface area contributed by atoms with Gasteiger partial charge in [-0.2, -0.15) is 5.10 Å². The Morgan fingerprint density at radius 2 is 1.85 bits per heavy atom. The Kier molecular flexibility index (Phi) is 6.59. The van der Waals surface area contributed by atoms with E-state index in [1.165, 1.54) is 0 Å². The van der Waals surface area contributed by atoms with Crippen molar-refractivity contribution in [1.82, 2.24) is 24.9 Å². The lowest BCUT2D eigenvalue weighted by Crippen LogP contribution is -2.51. The van der Waals surface area contributed by atoms with Gasteiger partial charge in [0.05, 0.1) is 12.2 Å². The summed E-state index contributed by atoms with van der Waals surface area (Å²) in [5, 5.41) is 7.13. The lowest BCUT2D eigenvalue weighted by atomic mass is 10.1. The number of piperazine rings is 1. The minimum Gasteiger partial charge on any atom is -0.355 e. The second kappa shape index (κ2) is 9.32. The Morgan fingerprint density at radius 1 is 1.11 bits per heavy atom. The van der Waals surface area contributed by atoms with Crippen LogP contribution in [-0.4, -0.2) is 70.7 Å². The van der Waals surface area contributed by atoms with Gasteiger partial charge in [-0.05, 0) is 36.8 Å². The van der Waals surface area contributed by atoms with Crippen molar-refractivity contribution in [2.24, 2.45) is 0 Å². The van der Waals surface area contributed by atoms with Crippen LogP contribution in [0.3, 0.4) is 0 Å². The zero-order valence-corrected chi connectivity index (χ0v) is 15.8. The maximum Gasteiger partial charge on any atom is 0.253 e. The van der Waals surface area contributed by atoms with Crippen LogP contribution in [0.25, 0.3) is 5.69 Å². The van der Waals surface area contributed by atoms with Crippen LogP contribution in [0, 0.1) is 0 Å². The van der Waals surface area contributed by atoms with E-state index in [4.69, 9.17) is 0 Å². The molecule has 1 fully saturated rings. The van der Waals surface area contributed by atoms with Crippen LogP contribution in [0.5, 0.6) is 0 Å². The van der Waals surface area contributed by atoms with E-state index in [9.17, 15) is 9.59 Å². The Bertz CT molecular complexity index is 734. The lowest BCUT2D eigenvalue weighted by Gasteiger charge is -2.34. The summed E-state index contributed by atoms with van der Waals surface area (Å²) in [5.74, 6) is 0.103. The third kappa shape index (κ3) is 5.17. The zero-order chi connectivity index (χ0) is 19.1. The maximum absolute atomic E-state index is 12.7. The van der Waals surface area contributed by atoms with E-state index < -0.39 is 0 Å². The number of nitrogens with zero attached hydrogens (tertiary/aromatic N) is 4. The first-order valence-electron chi connectivity index (χ1n) is 9.56. The largest absolute Gasteiger partial charge is 0.355 e. The summed E-state index contributed by atoms with van der Waals surface area (Å²) in [4.78, 5) is 28.6. The Labute approximate surface area is 159 Å². The number of amides is 2. The normalized spacial score (nSPS) is 14.9. The summed E-state index contributed by atoms with van der Waals surface area (Å²) in [6.07, 6.45) is 5.67. The lowest BCUT2D eigenvalue weighted by molar-refractivity contribution is -0.122. The molecular formula is C20H27N5O2. The Balaban J connectivity index is 1.47. The molecule has 0 unspecified atom stereocenters. The summed E-state index contributed by atoms with van der Waals surface area (Å²) < 4.78 is 1.76. The van der Waals surface area contributed by atoms with Crippen LogP contribution in [0.15, 0.2) is 42.7 Å². The fourth-order valence-corrected chi connectivity index (χ4v) is 3.13. The zero-order valence-electron chi connectivity index (χ0n) is 15.8. The smallest absolute Gasteiger partial charge is 0.253 e. The van der Waals surface area contributed by atoms with Crippen LogP contribution in [0.4, 0.5) is 0 Å². The summed E-state index contributed by atoms with van der Waals surface area (Å²) >= 11 is 0. The van der Waals surface area contributed by atoms with Crippen molar-refractivity contribution >= 4 is 11.8 Å². The van der Waals surface area contributed by atoms with E-state index in [0.717, 1.165) is 38.2 Å². The molecule has 2 aromatic rings. The van der Waals surface area contributed by atoms with Gasteiger partial charge in [0.25, 0.3) is 5.91 Å². The first kappa shape index (κ1) is 19.1. The minimum absolute atomic E-state index is 0.0362. The average Bonchev–Trinajstić information content (AvgIpc) is 3.23. The van der Waals surface area contributed by atoms with Crippen molar-refractivity contribution in [2.45, 2.75) is 19.8 Å². The molecule has 0 saturated carbocycles. The molecule has 2 heterocycles. The summed E-state index contributed by atoms with van der Waals surface area (Å²) in [6, 6.07) is 9.34. The summed E-state index contributed by atoms with van der Waals surface area (Å²) in [5.41, 5.74) is 1.60. The van der Waals surface area contributed by atoms with Gasteiger partial charge in [0.15, 0.2) is 0 Å². The monoisotopic (exact) mass is 369 g/mol. The molecule has 1 N–H and O–H groups in total. The van der Waals surface area contributed by atoms with Gasteiger partial charge in [-0.15, -0.1) is 0 Å². The molecule has 27 heavy (non-hydrogen) atoms. The van der Waals surface area contributed by atoms with E-state index in [1.54, 1.807) is 10.9 Å². The highest BCUT2D eigenvalue weighted by molar-refractivity contribution is 5.94. The van der Waals surface area contributed by atoms with Gasteiger partial charge in [-0.25, -0.2) is 4.68 Å². The number of unbranched alkanes of at least 4 members (excludes halogenated alkanes) is 1. The van der Waals surface area contributed by atoms with Gasteiger partial charge in [-0.3, -0.25) is 14.5 Å². The molecule has 1 aliphatic rings. The molecule has 0 atom stereocenters. The van der Waals surface area contributed by atoms with E-state index in [-0.39, 0.29) is 11.8 Å².